The molecule has 0 spiro atoms. The number of benzene rings is 1. The summed E-state index contributed by atoms with van der Waals surface area (Å²) in [5.74, 6) is 2.62. The Bertz CT molecular complexity index is 964. The van der Waals surface area contributed by atoms with E-state index in [1.807, 2.05) is 18.2 Å². The molecule has 0 amide bonds. The Balaban J connectivity index is 1.61. The first-order valence-corrected chi connectivity index (χ1v) is 9.18. The van der Waals surface area contributed by atoms with Crippen molar-refractivity contribution in [2.24, 2.45) is 0 Å². The van der Waals surface area contributed by atoms with Crippen LogP contribution < -0.4 is 9.47 Å². The smallest absolute Gasteiger partial charge is 0.288 e. The van der Waals surface area contributed by atoms with E-state index in [0.717, 1.165) is 36.4 Å². The fourth-order valence-electron chi connectivity index (χ4n) is 3.51. The minimum atomic E-state index is 0.195. The van der Waals surface area contributed by atoms with Gasteiger partial charge >= 0.3 is 0 Å². The van der Waals surface area contributed by atoms with Gasteiger partial charge in [-0.25, -0.2) is 4.68 Å². The van der Waals surface area contributed by atoms with E-state index in [-0.39, 0.29) is 6.04 Å². The Labute approximate surface area is 162 Å². The van der Waals surface area contributed by atoms with Gasteiger partial charge in [-0.15, -0.1) is 5.10 Å². The standard InChI is InChI=1S/C19H21N3O4S/c1-23-13-7-8-16(24-2)14(11-13)15-5-3-9-21(15)12-22-19(27)26-18(20-22)17-6-4-10-25-17/h4,6-8,10-11,15H,3,5,9,12H2,1-2H3/t15-/m0/s1. The molecule has 1 aliphatic heterocycles. The molecule has 0 unspecified atom stereocenters. The highest BCUT2D eigenvalue weighted by Gasteiger charge is 2.29. The van der Waals surface area contributed by atoms with Gasteiger partial charge in [-0.1, -0.05) is 0 Å². The van der Waals surface area contributed by atoms with Gasteiger partial charge in [0.1, 0.15) is 11.5 Å². The van der Waals surface area contributed by atoms with Gasteiger partial charge in [0.15, 0.2) is 5.76 Å². The van der Waals surface area contributed by atoms with Crippen LogP contribution in [-0.2, 0) is 6.67 Å². The summed E-state index contributed by atoms with van der Waals surface area (Å²) in [5.41, 5.74) is 1.11. The second-order valence-corrected chi connectivity index (χ2v) is 6.72. The third-order valence-corrected chi connectivity index (χ3v) is 5.11. The molecule has 0 aliphatic carbocycles. The van der Waals surface area contributed by atoms with E-state index in [0.29, 0.717) is 23.2 Å². The lowest BCUT2D eigenvalue weighted by atomic mass is 10.0. The van der Waals surface area contributed by atoms with E-state index in [2.05, 4.69) is 10.00 Å². The van der Waals surface area contributed by atoms with Crippen molar-refractivity contribution in [1.82, 2.24) is 14.7 Å². The molecule has 4 rings (SSSR count). The normalized spacial score (nSPS) is 17.3. The lowest BCUT2D eigenvalue weighted by molar-refractivity contribution is 0.184. The van der Waals surface area contributed by atoms with E-state index in [1.54, 1.807) is 37.3 Å². The Morgan fingerprint density at radius 2 is 2.15 bits per heavy atom. The van der Waals surface area contributed by atoms with Crippen molar-refractivity contribution in [1.29, 1.82) is 0 Å². The number of likely N-dealkylation sites (tertiary alicyclic amines) is 1. The molecule has 27 heavy (non-hydrogen) atoms. The molecule has 1 atom stereocenters. The topological polar surface area (TPSA) is 65.8 Å². The highest BCUT2D eigenvalue weighted by atomic mass is 32.1. The number of hydrogen-bond acceptors (Lipinski definition) is 7. The number of aromatic nitrogens is 2. The van der Waals surface area contributed by atoms with Crippen molar-refractivity contribution in [2.45, 2.75) is 25.6 Å². The maximum absolute atomic E-state index is 5.59. The number of hydrogen-bond donors (Lipinski definition) is 0. The van der Waals surface area contributed by atoms with Crippen LogP contribution in [0.2, 0.25) is 0 Å². The Morgan fingerprint density at radius 1 is 1.26 bits per heavy atom. The summed E-state index contributed by atoms with van der Waals surface area (Å²) in [6.45, 7) is 1.48. The third kappa shape index (κ3) is 3.50. The number of methoxy groups -OCH3 is 2. The fraction of sp³-hybridized carbons (Fsp3) is 0.368. The first-order valence-electron chi connectivity index (χ1n) is 8.77. The first-order chi connectivity index (χ1) is 13.2. The van der Waals surface area contributed by atoms with Gasteiger partial charge in [0.25, 0.3) is 10.7 Å². The lowest BCUT2D eigenvalue weighted by Gasteiger charge is -2.26. The average Bonchev–Trinajstić information content (AvgIpc) is 3.43. The molecule has 7 nitrogen and oxygen atoms in total. The van der Waals surface area contributed by atoms with E-state index in [4.69, 9.17) is 30.5 Å². The molecule has 1 aromatic carbocycles. The zero-order valence-electron chi connectivity index (χ0n) is 15.3. The summed E-state index contributed by atoms with van der Waals surface area (Å²) in [6, 6.07) is 9.68. The quantitative estimate of drug-likeness (QED) is 0.585. The molecule has 2 aromatic heterocycles. The predicted octanol–water partition coefficient (Wildman–Crippen LogP) is 4.28. The summed E-state index contributed by atoms with van der Waals surface area (Å²) >= 11 is 5.35. The molecular formula is C19H21N3O4S. The monoisotopic (exact) mass is 387 g/mol. The molecule has 1 saturated heterocycles. The van der Waals surface area contributed by atoms with Gasteiger partial charge < -0.3 is 18.3 Å². The van der Waals surface area contributed by atoms with Gasteiger partial charge in [0.05, 0.1) is 27.2 Å². The van der Waals surface area contributed by atoms with Gasteiger partial charge in [0.2, 0.25) is 0 Å². The largest absolute Gasteiger partial charge is 0.497 e. The van der Waals surface area contributed by atoms with Gasteiger partial charge in [-0.05, 0) is 55.4 Å². The van der Waals surface area contributed by atoms with Crippen LogP contribution in [0.3, 0.4) is 0 Å². The van der Waals surface area contributed by atoms with Crippen LogP contribution in [0.5, 0.6) is 11.5 Å². The third-order valence-electron chi connectivity index (χ3n) is 4.81. The minimum absolute atomic E-state index is 0.195. The molecule has 142 valence electrons. The van der Waals surface area contributed by atoms with Crippen LogP contribution in [0.4, 0.5) is 0 Å². The van der Waals surface area contributed by atoms with Gasteiger partial charge in [0, 0.05) is 18.2 Å². The number of ether oxygens (including phenoxy) is 2. The van der Waals surface area contributed by atoms with Gasteiger partial charge in [-0.2, -0.15) is 0 Å². The van der Waals surface area contributed by atoms with Crippen molar-refractivity contribution in [3.05, 3.63) is 47.0 Å². The Kier molecular flexibility index (Phi) is 5.00. The van der Waals surface area contributed by atoms with Crippen molar-refractivity contribution in [3.63, 3.8) is 0 Å². The van der Waals surface area contributed by atoms with Crippen molar-refractivity contribution >= 4 is 12.2 Å². The van der Waals surface area contributed by atoms with Crippen LogP contribution in [0, 0.1) is 4.84 Å². The van der Waals surface area contributed by atoms with Crippen LogP contribution in [0.15, 0.2) is 45.4 Å². The Morgan fingerprint density at radius 3 is 2.89 bits per heavy atom. The molecule has 1 fully saturated rings. The van der Waals surface area contributed by atoms with Crippen molar-refractivity contribution in [2.75, 3.05) is 20.8 Å². The summed E-state index contributed by atoms with van der Waals surface area (Å²) in [7, 11) is 3.36. The molecule has 0 saturated carbocycles. The fourth-order valence-corrected chi connectivity index (χ4v) is 3.69. The zero-order valence-corrected chi connectivity index (χ0v) is 16.1. The SMILES string of the molecule is COc1ccc(OC)c([C@@H]2CCCN2Cn2nc(-c3ccco3)oc2=S)c1. The summed E-state index contributed by atoms with van der Waals surface area (Å²) in [4.78, 5) is 2.64. The van der Waals surface area contributed by atoms with Gasteiger partial charge in [-0.3, -0.25) is 4.90 Å². The molecule has 8 heteroatoms. The second-order valence-electron chi connectivity index (χ2n) is 6.37. The van der Waals surface area contributed by atoms with Crippen LogP contribution in [-0.4, -0.2) is 35.4 Å². The van der Waals surface area contributed by atoms with Crippen molar-refractivity contribution < 1.29 is 18.3 Å². The summed E-state index contributed by atoms with van der Waals surface area (Å²) in [5, 5.41) is 4.47. The maximum atomic E-state index is 5.59. The highest BCUT2D eigenvalue weighted by Crippen LogP contribution is 2.39. The molecule has 1 aliphatic rings. The summed E-state index contributed by atoms with van der Waals surface area (Å²) in [6.07, 6.45) is 3.69. The van der Waals surface area contributed by atoms with E-state index < -0.39 is 0 Å². The van der Waals surface area contributed by atoms with E-state index >= 15 is 0 Å². The first kappa shape index (κ1) is 17.8. The highest BCUT2D eigenvalue weighted by molar-refractivity contribution is 7.71. The molecule has 0 N–H and O–H groups in total. The van der Waals surface area contributed by atoms with Crippen molar-refractivity contribution in [3.8, 4) is 23.1 Å². The zero-order chi connectivity index (χ0) is 18.8. The molecule has 3 aromatic rings. The van der Waals surface area contributed by atoms with Crippen LogP contribution in [0.25, 0.3) is 11.7 Å². The minimum Gasteiger partial charge on any atom is -0.497 e. The van der Waals surface area contributed by atoms with E-state index in [1.165, 1.54) is 0 Å². The summed E-state index contributed by atoms with van der Waals surface area (Å²) < 4.78 is 23.6. The maximum Gasteiger partial charge on any atom is 0.288 e. The molecular weight excluding hydrogens is 366 g/mol. The molecule has 0 radical (unpaired) electrons. The van der Waals surface area contributed by atoms with E-state index in [9.17, 15) is 0 Å². The Hall–Kier alpha value is -2.58. The average molecular weight is 387 g/mol. The lowest BCUT2D eigenvalue weighted by Crippen LogP contribution is -2.27. The number of nitrogens with zero attached hydrogens (tertiary/aromatic N) is 3. The number of rotatable bonds is 6. The second kappa shape index (κ2) is 7.58. The predicted molar refractivity (Wildman–Crippen MR) is 101 cm³/mol. The van der Waals surface area contributed by atoms with Crippen LogP contribution >= 0.6 is 12.2 Å². The number of furan rings is 1. The van der Waals surface area contributed by atoms with Crippen LogP contribution in [0.1, 0.15) is 24.4 Å². The molecule has 0 bridgehead atoms. The molecule has 3 heterocycles.